The van der Waals surface area contributed by atoms with E-state index < -0.39 is 7.60 Å². The van der Waals surface area contributed by atoms with Gasteiger partial charge in [-0.1, -0.05) is 11.2 Å². The van der Waals surface area contributed by atoms with Gasteiger partial charge in [0.2, 0.25) is 0 Å². The zero-order valence-corrected chi connectivity index (χ0v) is 12.4. The number of hydrogen-bond donors (Lipinski definition) is 0. The average Bonchev–Trinajstić information content (AvgIpc) is 2.98. The van der Waals surface area contributed by atoms with E-state index in [2.05, 4.69) is 10.1 Å². The van der Waals surface area contributed by atoms with Crippen LogP contribution in [-0.4, -0.2) is 23.4 Å². The third-order valence-corrected chi connectivity index (χ3v) is 5.02. The maximum absolute atomic E-state index is 12.3. The predicted molar refractivity (Wildman–Crippen MR) is 72.2 cm³/mol. The van der Waals surface area contributed by atoms with Crippen LogP contribution in [0.4, 0.5) is 0 Å². The standard InChI is InChI=1S/C11H15N2O4PS/c1-3-15-18(14,16-4-2)8-10-12-11(17-13-10)9-6-5-7-19-9/h5-7H,3-4,8H2,1-2H3. The van der Waals surface area contributed by atoms with Crippen LogP contribution in [0.3, 0.4) is 0 Å². The Morgan fingerprint density at radius 3 is 2.68 bits per heavy atom. The van der Waals surface area contributed by atoms with Crippen LogP contribution in [0.2, 0.25) is 0 Å². The van der Waals surface area contributed by atoms with Crippen molar-refractivity contribution in [3.63, 3.8) is 0 Å². The van der Waals surface area contributed by atoms with Crippen molar-refractivity contribution in [1.29, 1.82) is 0 Å². The zero-order valence-electron chi connectivity index (χ0n) is 10.7. The summed E-state index contributed by atoms with van der Waals surface area (Å²) in [6.07, 6.45) is 0.0174. The van der Waals surface area contributed by atoms with E-state index >= 15 is 0 Å². The highest BCUT2D eigenvalue weighted by atomic mass is 32.1. The summed E-state index contributed by atoms with van der Waals surface area (Å²) < 4.78 is 27.8. The summed E-state index contributed by atoms with van der Waals surface area (Å²) in [5.74, 6) is 0.748. The van der Waals surface area contributed by atoms with Crippen molar-refractivity contribution in [2.24, 2.45) is 0 Å². The Morgan fingerprint density at radius 1 is 1.37 bits per heavy atom. The molecule has 2 heterocycles. The minimum atomic E-state index is -3.19. The van der Waals surface area contributed by atoms with Gasteiger partial charge in [0.25, 0.3) is 5.89 Å². The second kappa shape index (κ2) is 6.43. The average molecular weight is 302 g/mol. The summed E-state index contributed by atoms with van der Waals surface area (Å²) in [7, 11) is -3.19. The van der Waals surface area contributed by atoms with Crippen molar-refractivity contribution >= 4 is 18.9 Å². The Labute approximate surface area is 115 Å². The van der Waals surface area contributed by atoms with Gasteiger partial charge < -0.3 is 13.6 Å². The van der Waals surface area contributed by atoms with Crippen molar-refractivity contribution in [2.45, 2.75) is 20.0 Å². The fourth-order valence-corrected chi connectivity index (χ4v) is 3.68. The van der Waals surface area contributed by atoms with Gasteiger partial charge in [-0.2, -0.15) is 4.98 Å². The third-order valence-electron chi connectivity index (χ3n) is 2.19. The molecule has 0 radical (unpaired) electrons. The highest BCUT2D eigenvalue weighted by Gasteiger charge is 2.27. The lowest BCUT2D eigenvalue weighted by molar-refractivity contribution is 0.218. The first-order valence-electron chi connectivity index (χ1n) is 5.91. The van der Waals surface area contributed by atoms with Gasteiger partial charge in [-0.15, -0.1) is 11.3 Å². The smallest absolute Gasteiger partial charge is 0.333 e. The van der Waals surface area contributed by atoms with Crippen LogP contribution in [0.1, 0.15) is 19.7 Å². The van der Waals surface area contributed by atoms with E-state index in [1.54, 1.807) is 13.8 Å². The highest BCUT2D eigenvalue weighted by molar-refractivity contribution is 7.53. The summed E-state index contributed by atoms with van der Waals surface area (Å²) >= 11 is 1.50. The minimum absolute atomic E-state index is 0.0174. The Morgan fingerprint density at radius 2 is 2.11 bits per heavy atom. The number of nitrogens with zero attached hydrogens (tertiary/aromatic N) is 2. The van der Waals surface area contributed by atoms with Gasteiger partial charge in [0.15, 0.2) is 5.82 Å². The first kappa shape index (κ1) is 14.4. The molecule has 0 aromatic carbocycles. The van der Waals surface area contributed by atoms with E-state index in [9.17, 15) is 4.57 Å². The molecular formula is C11H15N2O4PS. The van der Waals surface area contributed by atoms with Gasteiger partial charge in [0.1, 0.15) is 6.16 Å². The molecule has 0 atom stereocenters. The summed E-state index contributed by atoms with van der Waals surface area (Å²) in [5, 5.41) is 5.73. The van der Waals surface area contributed by atoms with Crippen molar-refractivity contribution in [2.75, 3.05) is 13.2 Å². The summed E-state index contributed by atoms with van der Waals surface area (Å²) in [5.41, 5.74) is 0. The van der Waals surface area contributed by atoms with Crippen LogP contribution in [0.5, 0.6) is 0 Å². The lowest BCUT2D eigenvalue weighted by Crippen LogP contribution is -2.00. The third kappa shape index (κ3) is 3.73. The normalized spacial score (nSPS) is 11.9. The van der Waals surface area contributed by atoms with Gasteiger partial charge in [0, 0.05) is 0 Å². The molecule has 8 heteroatoms. The Hall–Kier alpha value is -1.01. The largest absolute Gasteiger partial charge is 0.338 e. The summed E-state index contributed by atoms with van der Waals surface area (Å²) in [6.45, 7) is 4.15. The van der Waals surface area contributed by atoms with Gasteiger partial charge in [-0.05, 0) is 25.3 Å². The predicted octanol–water partition coefficient (Wildman–Crippen LogP) is 3.56. The number of hydrogen-bond acceptors (Lipinski definition) is 7. The van der Waals surface area contributed by atoms with E-state index in [4.69, 9.17) is 13.6 Å². The highest BCUT2D eigenvalue weighted by Crippen LogP contribution is 2.50. The lowest BCUT2D eigenvalue weighted by atomic mass is 10.5. The van der Waals surface area contributed by atoms with Gasteiger partial charge in [-0.25, -0.2) is 0 Å². The minimum Gasteiger partial charge on any atom is -0.333 e. The quantitative estimate of drug-likeness (QED) is 0.728. The topological polar surface area (TPSA) is 74.5 Å². The van der Waals surface area contributed by atoms with Crippen LogP contribution in [0.25, 0.3) is 10.8 Å². The van der Waals surface area contributed by atoms with Crippen LogP contribution in [0, 0.1) is 0 Å². The van der Waals surface area contributed by atoms with E-state index in [1.807, 2.05) is 17.5 Å². The zero-order chi connectivity index (χ0) is 13.7. The van der Waals surface area contributed by atoms with Crippen LogP contribution in [-0.2, 0) is 19.8 Å². The van der Waals surface area contributed by atoms with Crippen molar-refractivity contribution < 1.29 is 18.1 Å². The molecule has 0 fully saturated rings. The van der Waals surface area contributed by atoms with Gasteiger partial charge >= 0.3 is 7.60 Å². The number of aromatic nitrogens is 2. The number of thiophene rings is 1. The van der Waals surface area contributed by atoms with Crippen LogP contribution in [0.15, 0.2) is 22.0 Å². The van der Waals surface area contributed by atoms with Crippen molar-refractivity contribution in [3.05, 3.63) is 23.3 Å². The molecule has 0 spiro atoms. The van der Waals surface area contributed by atoms with E-state index in [1.165, 1.54) is 11.3 Å². The molecule has 6 nitrogen and oxygen atoms in total. The first-order valence-corrected chi connectivity index (χ1v) is 8.52. The molecule has 0 saturated heterocycles. The molecule has 0 aliphatic rings. The molecule has 104 valence electrons. The Balaban J connectivity index is 2.12. The van der Waals surface area contributed by atoms with Crippen LogP contribution < -0.4 is 0 Å². The molecule has 0 unspecified atom stereocenters. The molecule has 2 aromatic rings. The van der Waals surface area contributed by atoms with Gasteiger partial charge in [0.05, 0.1) is 18.1 Å². The SMILES string of the molecule is CCOP(=O)(Cc1noc(-c2cccs2)n1)OCC. The van der Waals surface area contributed by atoms with Crippen molar-refractivity contribution in [3.8, 4) is 10.8 Å². The molecule has 0 N–H and O–H groups in total. The fraction of sp³-hybridized carbons (Fsp3) is 0.455. The molecule has 2 rings (SSSR count). The Bertz CT molecular complexity index is 545. The fourth-order valence-electron chi connectivity index (χ4n) is 1.51. The second-order valence-corrected chi connectivity index (χ2v) is 6.60. The maximum atomic E-state index is 12.3. The van der Waals surface area contributed by atoms with Crippen molar-refractivity contribution in [1.82, 2.24) is 10.1 Å². The monoisotopic (exact) mass is 302 g/mol. The molecule has 2 aromatic heterocycles. The number of rotatable bonds is 7. The van der Waals surface area contributed by atoms with Gasteiger partial charge in [-0.3, -0.25) is 4.57 Å². The summed E-state index contributed by atoms with van der Waals surface area (Å²) in [4.78, 5) is 5.08. The molecule has 0 bridgehead atoms. The van der Waals surface area contributed by atoms with E-state index in [0.29, 0.717) is 24.9 Å². The molecule has 0 saturated carbocycles. The molecule has 0 amide bonds. The maximum Gasteiger partial charge on any atom is 0.338 e. The second-order valence-electron chi connectivity index (χ2n) is 3.60. The Kier molecular flexibility index (Phi) is 4.87. The lowest BCUT2D eigenvalue weighted by Gasteiger charge is -2.14. The van der Waals surface area contributed by atoms with E-state index in [0.717, 1.165) is 4.88 Å². The van der Waals surface area contributed by atoms with E-state index in [-0.39, 0.29) is 6.16 Å². The van der Waals surface area contributed by atoms with Crippen LogP contribution >= 0.6 is 18.9 Å². The first-order chi connectivity index (χ1) is 9.17. The molecular weight excluding hydrogens is 287 g/mol. The molecule has 19 heavy (non-hydrogen) atoms. The molecule has 0 aliphatic carbocycles. The summed E-state index contributed by atoms with van der Waals surface area (Å²) in [6, 6.07) is 3.78. The molecule has 0 aliphatic heterocycles.